The zero-order valence-corrected chi connectivity index (χ0v) is 8.97. The Bertz CT molecular complexity index is 130. The van der Waals surface area contributed by atoms with Crippen LogP contribution in [0.2, 0.25) is 0 Å². The molecule has 0 aliphatic carbocycles. The van der Waals surface area contributed by atoms with Crippen molar-refractivity contribution >= 4 is 8.60 Å². The lowest BCUT2D eigenvalue weighted by Gasteiger charge is -2.27. The molecule has 0 fully saturated rings. The highest BCUT2D eigenvalue weighted by atomic mass is 31.2. The molecule has 5 heteroatoms. The van der Waals surface area contributed by atoms with Crippen LogP contribution in [-0.4, -0.2) is 23.6 Å². The molecule has 4 nitrogen and oxygen atoms in total. The minimum Gasteiger partial charge on any atom is -0.328 e. The van der Waals surface area contributed by atoms with Crippen molar-refractivity contribution in [1.82, 2.24) is 0 Å². The molecule has 2 unspecified atom stereocenters. The zero-order chi connectivity index (χ0) is 9.78. The van der Waals surface area contributed by atoms with Crippen LogP contribution >= 0.6 is 8.60 Å². The number of nitrogens with two attached hydrogens (primary N) is 1. The molecule has 0 amide bonds. The van der Waals surface area contributed by atoms with Gasteiger partial charge in [-0.1, -0.05) is 0 Å². The summed E-state index contributed by atoms with van der Waals surface area (Å²) >= 11 is 0. The summed E-state index contributed by atoms with van der Waals surface area (Å²) in [6.07, 6.45) is 0.690. The highest BCUT2D eigenvalue weighted by Crippen LogP contribution is 2.38. The Morgan fingerprint density at radius 1 is 1.58 bits per heavy atom. The second kappa shape index (κ2) is 5.10. The van der Waals surface area contributed by atoms with Gasteiger partial charge in [-0.3, -0.25) is 0 Å². The van der Waals surface area contributed by atoms with E-state index in [9.17, 15) is 0 Å². The molecule has 12 heavy (non-hydrogen) atoms. The number of rotatable bonds is 5. The van der Waals surface area contributed by atoms with E-state index in [2.05, 4.69) is 4.52 Å². The van der Waals surface area contributed by atoms with Gasteiger partial charge >= 0.3 is 8.60 Å². The first-order valence-corrected chi connectivity index (χ1v) is 4.98. The summed E-state index contributed by atoms with van der Waals surface area (Å²) in [6.45, 7) is 5.65. The van der Waals surface area contributed by atoms with Crippen molar-refractivity contribution < 1.29 is 13.9 Å². The molecule has 0 rings (SSSR count). The second-order valence-corrected chi connectivity index (χ2v) is 4.48. The van der Waals surface area contributed by atoms with Gasteiger partial charge in [0, 0.05) is 13.2 Å². The van der Waals surface area contributed by atoms with Crippen molar-refractivity contribution in [3.05, 3.63) is 0 Å². The van der Waals surface area contributed by atoms with Crippen LogP contribution < -0.4 is 5.73 Å². The van der Waals surface area contributed by atoms with Gasteiger partial charge in [0.15, 0.2) is 0 Å². The summed E-state index contributed by atoms with van der Waals surface area (Å²) in [7, 11) is -0.342. The largest absolute Gasteiger partial charge is 0.330 e. The molecule has 0 saturated heterocycles. The number of hydrogen-bond acceptors (Lipinski definition) is 4. The predicted molar refractivity (Wildman–Crippen MR) is 49.6 cm³/mol. The molecule has 0 aliphatic heterocycles. The molecule has 0 radical (unpaired) electrons. The molecular weight excluding hydrogens is 177 g/mol. The van der Waals surface area contributed by atoms with Gasteiger partial charge in [-0.15, -0.1) is 0 Å². The summed E-state index contributed by atoms with van der Waals surface area (Å²) < 4.78 is 9.84. The van der Waals surface area contributed by atoms with E-state index in [1.807, 2.05) is 20.8 Å². The molecule has 2 atom stereocenters. The lowest BCUT2D eigenvalue weighted by atomic mass is 10.0. The predicted octanol–water partition coefficient (Wildman–Crippen LogP) is 1.38. The SMILES string of the molecule is COP(O)OC(C)(C)CC(C)N. The first kappa shape index (κ1) is 12.3. The smallest absolute Gasteiger partial charge is 0.328 e. The van der Waals surface area contributed by atoms with Crippen LogP contribution in [0.3, 0.4) is 0 Å². The standard InChI is InChI=1S/C7H18NO3P/c1-6(8)5-7(2,3)11-12(9)10-4/h6,9H,5,8H2,1-4H3. The van der Waals surface area contributed by atoms with Gasteiger partial charge in [0.2, 0.25) is 0 Å². The quantitative estimate of drug-likeness (QED) is 0.650. The molecule has 0 bridgehead atoms. The molecule has 74 valence electrons. The maximum atomic E-state index is 9.09. The molecule has 0 spiro atoms. The minimum absolute atomic E-state index is 0.0558. The van der Waals surface area contributed by atoms with Gasteiger partial charge in [-0.2, -0.15) is 0 Å². The molecule has 0 saturated carbocycles. The first-order chi connectivity index (χ1) is 5.37. The third-order valence-corrected chi connectivity index (χ3v) is 2.26. The van der Waals surface area contributed by atoms with Gasteiger partial charge in [-0.05, 0) is 27.2 Å². The van der Waals surface area contributed by atoms with Crippen molar-refractivity contribution in [2.24, 2.45) is 5.73 Å². The van der Waals surface area contributed by atoms with E-state index in [1.54, 1.807) is 0 Å². The van der Waals surface area contributed by atoms with E-state index < -0.39 is 14.2 Å². The highest BCUT2D eigenvalue weighted by molar-refractivity contribution is 7.40. The molecule has 0 aromatic heterocycles. The van der Waals surface area contributed by atoms with Gasteiger partial charge in [0.1, 0.15) is 0 Å². The van der Waals surface area contributed by atoms with Crippen molar-refractivity contribution in [1.29, 1.82) is 0 Å². The molecule has 0 aliphatic rings. The molecular formula is C7H18NO3P. The van der Waals surface area contributed by atoms with E-state index in [-0.39, 0.29) is 6.04 Å². The summed E-state index contributed by atoms with van der Waals surface area (Å²) in [5, 5.41) is 0. The van der Waals surface area contributed by atoms with Gasteiger partial charge in [0.05, 0.1) is 5.60 Å². The van der Waals surface area contributed by atoms with Crippen molar-refractivity contribution in [3.63, 3.8) is 0 Å². The van der Waals surface area contributed by atoms with Crippen molar-refractivity contribution in [2.75, 3.05) is 7.11 Å². The minimum atomic E-state index is -1.75. The molecule has 0 heterocycles. The fourth-order valence-electron chi connectivity index (χ4n) is 1.06. The topological polar surface area (TPSA) is 64.7 Å². The van der Waals surface area contributed by atoms with Gasteiger partial charge in [0.25, 0.3) is 0 Å². The lowest BCUT2D eigenvalue weighted by Crippen LogP contribution is -2.31. The van der Waals surface area contributed by atoms with Crippen LogP contribution in [0.5, 0.6) is 0 Å². The average molecular weight is 195 g/mol. The normalized spacial score (nSPS) is 17.5. The highest BCUT2D eigenvalue weighted by Gasteiger charge is 2.24. The Kier molecular flexibility index (Phi) is 5.21. The van der Waals surface area contributed by atoms with Crippen molar-refractivity contribution in [2.45, 2.75) is 38.8 Å². The van der Waals surface area contributed by atoms with Crippen LogP contribution in [0.15, 0.2) is 0 Å². The maximum Gasteiger partial charge on any atom is 0.330 e. The van der Waals surface area contributed by atoms with Crippen LogP contribution in [0.1, 0.15) is 27.2 Å². The van der Waals surface area contributed by atoms with E-state index in [0.717, 1.165) is 0 Å². The van der Waals surface area contributed by atoms with Crippen LogP contribution in [-0.2, 0) is 9.05 Å². The van der Waals surface area contributed by atoms with E-state index in [1.165, 1.54) is 7.11 Å². The lowest BCUT2D eigenvalue weighted by molar-refractivity contribution is 0.0706. The van der Waals surface area contributed by atoms with Gasteiger partial charge < -0.3 is 19.7 Å². The second-order valence-electron chi connectivity index (χ2n) is 3.45. The Hall–Kier alpha value is 0.270. The van der Waals surface area contributed by atoms with E-state index in [0.29, 0.717) is 6.42 Å². The summed E-state index contributed by atoms with van der Waals surface area (Å²) in [5.41, 5.74) is 5.17. The Balaban J connectivity index is 3.85. The van der Waals surface area contributed by atoms with Gasteiger partial charge in [-0.25, -0.2) is 0 Å². The zero-order valence-electron chi connectivity index (χ0n) is 8.07. The van der Waals surface area contributed by atoms with E-state index in [4.69, 9.17) is 15.2 Å². The van der Waals surface area contributed by atoms with E-state index >= 15 is 0 Å². The molecule has 0 aromatic rings. The summed E-state index contributed by atoms with van der Waals surface area (Å²) in [5.74, 6) is 0. The summed E-state index contributed by atoms with van der Waals surface area (Å²) in [6, 6.07) is 0.0558. The first-order valence-electron chi connectivity index (χ1n) is 3.85. The Morgan fingerprint density at radius 3 is 2.42 bits per heavy atom. The maximum absolute atomic E-state index is 9.09. The third-order valence-electron chi connectivity index (χ3n) is 1.29. The average Bonchev–Trinajstić information content (AvgIpc) is 1.83. The van der Waals surface area contributed by atoms with Crippen LogP contribution in [0.4, 0.5) is 0 Å². The summed E-state index contributed by atoms with van der Waals surface area (Å²) in [4.78, 5) is 9.09. The fourth-order valence-corrected chi connectivity index (χ4v) is 1.63. The fraction of sp³-hybridized carbons (Fsp3) is 1.00. The Labute approximate surface area is 75.0 Å². The number of hydrogen-bond donors (Lipinski definition) is 2. The monoisotopic (exact) mass is 195 g/mol. The van der Waals surface area contributed by atoms with Crippen LogP contribution in [0.25, 0.3) is 0 Å². The van der Waals surface area contributed by atoms with Crippen LogP contribution in [0, 0.1) is 0 Å². The van der Waals surface area contributed by atoms with Crippen molar-refractivity contribution in [3.8, 4) is 0 Å². The Morgan fingerprint density at radius 2 is 2.08 bits per heavy atom. The third kappa shape index (κ3) is 5.86. The molecule has 0 aromatic carbocycles. The molecule has 3 N–H and O–H groups in total.